The summed E-state index contributed by atoms with van der Waals surface area (Å²) >= 11 is 0. The highest BCUT2D eigenvalue weighted by Gasteiger charge is 2.22. The predicted molar refractivity (Wildman–Crippen MR) is 72.5 cm³/mol. The number of nitrogens with one attached hydrogen (secondary N) is 1. The van der Waals surface area contributed by atoms with E-state index >= 15 is 0 Å². The molecule has 0 spiro atoms. The number of likely N-dealkylation sites (tertiary alicyclic amines) is 1. The fraction of sp³-hybridized carbons (Fsp3) is 0.429. The van der Waals surface area contributed by atoms with Crippen molar-refractivity contribution in [3.8, 4) is 0 Å². The molecule has 2 amide bonds. The quantitative estimate of drug-likeness (QED) is 0.828. The summed E-state index contributed by atoms with van der Waals surface area (Å²) in [7, 11) is 1.81. The monoisotopic (exact) mass is 261 g/mol. The number of nitrogens with zero attached hydrogens (tertiary/aromatic N) is 1. The Morgan fingerprint density at radius 2 is 2.21 bits per heavy atom. The first kappa shape index (κ1) is 13.5. The van der Waals surface area contributed by atoms with E-state index in [2.05, 4.69) is 5.32 Å². The summed E-state index contributed by atoms with van der Waals surface area (Å²) in [4.78, 5) is 24.4. The zero-order valence-corrected chi connectivity index (χ0v) is 11.1. The Morgan fingerprint density at radius 3 is 2.89 bits per heavy atom. The maximum absolute atomic E-state index is 11.4. The largest absolute Gasteiger partial charge is 0.366 e. The third-order valence-corrected chi connectivity index (χ3v) is 3.49. The first-order chi connectivity index (χ1) is 9.08. The summed E-state index contributed by atoms with van der Waals surface area (Å²) in [5.74, 6) is -0.219. The molecule has 1 aromatic rings. The van der Waals surface area contributed by atoms with Crippen LogP contribution in [0.4, 0.5) is 0 Å². The van der Waals surface area contributed by atoms with Gasteiger partial charge in [-0.25, -0.2) is 0 Å². The van der Waals surface area contributed by atoms with Crippen molar-refractivity contribution in [1.29, 1.82) is 0 Å². The molecule has 0 bridgehead atoms. The van der Waals surface area contributed by atoms with Gasteiger partial charge in [0.2, 0.25) is 11.8 Å². The number of primary amides is 1. The average molecular weight is 261 g/mol. The number of hydrogen-bond acceptors (Lipinski definition) is 3. The highest BCUT2D eigenvalue weighted by molar-refractivity contribution is 5.94. The van der Waals surface area contributed by atoms with Crippen molar-refractivity contribution in [2.75, 3.05) is 13.6 Å². The van der Waals surface area contributed by atoms with Gasteiger partial charge < -0.3 is 16.0 Å². The molecule has 2 rings (SSSR count). The number of carbonyl (C=O) groups excluding carboxylic acids is 2. The van der Waals surface area contributed by atoms with E-state index in [-0.39, 0.29) is 11.9 Å². The number of nitrogens with two attached hydrogens (primary N) is 1. The van der Waals surface area contributed by atoms with Crippen molar-refractivity contribution in [3.63, 3.8) is 0 Å². The summed E-state index contributed by atoms with van der Waals surface area (Å²) in [5.41, 5.74) is 6.79. The molecule has 1 saturated heterocycles. The number of hydrogen-bond donors (Lipinski definition) is 2. The Balaban J connectivity index is 1.96. The number of carbonyl (C=O) groups is 2. The van der Waals surface area contributed by atoms with E-state index in [1.807, 2.05) is 19.2 Å². The number of likely N-dealkylation sites (N-methyl/N-ethyl adjacent to an activating group) is 1. The SMILES string of the molecule is CN1CC(NCc2ccccc2C(N)=O)CCC1=O. The van der Waals surface area contributed by atoms with E-state index in [0.29, 0.717) is 25.1 Å². The second-order valence-corrected chi connectivity index (χ2v) is 4.91. The molecule has 1 aliphatic heterocycles. The molecule has 1 heterocycles. The Bertz CT molecular complexity index is 487. The highest BCUT2D eigenvalue weighted by Crippen LogP contribution is 2.12. The molecule has 1 aromatic carbocycles. The zero-order chi connectivity index (χ0) is 13.8. The second kappa shape index (κ2) is 5.84. The van der Waals surface area contributed by atoms with Gasteiger partial charge in [0, 0.05) is 38.2 Å². The highest BCUT2D eigenvalue weighted by atomic mass is 16.2. The third-order valence-electron chi connectivity index (χ3n) is 3.49. The lowest BCUT2D eigenvalue weighted by Gasteiger charge is -2.30. The summed E-state index contributed by atoms with van der Waals surface area (Å²) in [6.07, 6.45) is 1.41. The van der Waals surface area contributed by atoms with Crippen LogP contribution in [0.2, 0.25) is 0 Å². The number of piperidine rings is 1. The Labute approximate surface area is 112 Å². The van der Waals surface area contributed by atoms with E-state index < -0.39 is 5.91 Å². The lowest BCUT2D eigenvalue weighted by Crippen LogP contribution is -2.46. The van der Waals surface area contributed by atoms with Crippen LogP contribution < -0.4 is 11.1 Å². The fourth-order valence-electron chi connectivity index (χ4n) is 2.35. The second-order valence-electron chi connectivity index (χ2n) is 4.91. The van der Waals surface area contributed by atoms with Gasteiger partial charge in [0.25, 0.3) is 0 Å². The van der Waals surface area contributed by atoms with Crippen LogP contribution >= 0.6 is 0 Å². The standard InChI is InChI=1S/C14H19N3O2/c1-17-9-11(6-7-13(17)18)16-8-10-4-2-3-5-12(10)14(15)19/h2-5,11,16H,6-9H2,1H3,(H2,15,19). The molecule has 0 radical (unpaired) electrons. The molecule has 102 valence electrons. The van der Waals surface area contributed by atoms with Gasteiger partial charge in [-0.1, -0.05) is 18.2 Å². The molecule has 3 N–H and O–H groups in total. The van der Waals surface area contributed by atoms with Gasteiger partial charge in [0.1, 0.15) is 0 Å². The summed E-state index contributed by atoms with van der Waals surface area (Å²) in [5, 5.41) is 3.38. The molecule has 0 aromatic heterocycles. The molecule has 1 unspecified atom stereocenters. The van der Waals surface area contributed by atoms with Crippen LogP contribution in [0, 0.1) is 0 Å². The third kappa shape index (κ3) is 3.32. The summed E-state index contributed by atoms with van der Waals surface area (Å²) < 4.78 is 0. The van der Waals surface area contributed by atoms with Gasteiger partial charge >= 0.3 is 0 Å². The topological polar surface area (TPSA) is 75.4 Å². The van der Waals surface area contributed by atoms with Crippen LogP contribution in [0.15, 0.2) is 24.3 Å². The smallest absolute Gasteiger partial charge is 0.249 e. The van der Waals surface area contributed by atoms with E-state index in [1.165, 1.54) is 0 Å². The number of benzene rings is 1. The van der Waals surface area contributed by atoms with Crippen molar-refractivity contribution >= 4 is 11.8 Å². The van der Waals surface area contributed by atoms with Gasteiger partial charge in [0.15, 0.2) is 0 Å². The number of amides is 2. The summed E-state index contributed by atoms with van der Waals surface area (Å²) in [6, 6.07) is 7.58. The van der Waals surface area contributed by atoms with Gasteiger partial charge in [-0.05, 0) is 18.1 Å². The van der Waals surface area contributed by atoms with E-state index in [0.717, 1.165) is 12.0 Å². The van der Waals surface area contributed by atoms with Crippen LogP contribution in [0.5, 0.6) is 0 Å². The van der Waals surface area contributed by atoms with Crippen LogP contribution in [0.3, 0.4) is 0 Å². The van der Waals surface area contributed by atoms with Crippen molar-refractivity contribution in [2.24, 2.45) is 5.73 Å². The molecule has 0 aliphatic carbocycles. The molecule has 1 atom stereocenters. The van der Waals surface area contributed by atoms with Crippen molar-refractivity contribution in [2.45, 2.75) is 25.4 Å². The van der Waals surface area contributed by atoms with Crippen molar-refractivity contribution in [3.05, 3.63) is 35.4 Å². The predicted octanol–water partition coefficient (Wildman–Crippen LogP) is 0.496. The molecular weight excluding hydrogens is 242 g/mol. The molecule has 0 saturated carbocycles. The van der Waals surface area contributed by atoms with E-state index in [9.17, 15) is 9.59 Å². The fourth-order valence-corrected chi connectivity index (χ4v) is 2.35. The van der Waals surface area contributed by atoms with Crippen LogP contribution in [-0.2, 0) is 11.3 Å². The average Bonchev–Trinajstić information content (AvgIpc) is 2.40. The number of rotatable bonds is 4. The minimum atomic E-state index is -0.409. The van der Waals surface area contributed by atoms with E-state index in [1.54, 1.807) is 17.0 Å². The van der Waals surface area contributed by atoms with Crippen LogP contribution in [0.1, 0.15) is 28.8 Å². The molecule has 19 heavy (non-hydrogen) atoms. The minimum absolute atomic E-state index is 0.190. The normalized spacial score (nSPS) is 19.5. The molecular formula is C14H19N3O2. The van der Waals surface area contributed by atoms with Crippen molar-refractivity contribution < 1.29 is 9.59 Å². The van der Waals surface area contributed by atoms with Gasteiger partial charge in [0.05, 0.1) is 0 Å². The van der Waals surface area contributed by atoms with Gasteiger partial charge in [-0.15, -0.1) is 0 Å². The first-order valence-electron chi connectivity index (χ1n) is 6.43. The maximum atomic E-state index is 11.4. The Hall–Kier alpha value is -1.88. The minimum Gasteiger partial charge on any atom is -0.366 e. The molecule has 1 aliphatic rings. The van der Waals surface area contributed by atoms with Crippen LogP contribution in [-0.4, -0.2) is 36.3 Å². The molecule has 1 fully saturated rings. The maximum Gasteiger partial charge on any atom is 0.249 e. The Kier molecular flexibility index (Phi) is 4.16. The van der Waals surface area contributed by atoms with E-state index in [4.69, 9.17) is 5.73 Å². The lowest BCUT2D eigenvalue weighted by molar-refractivity contribution is -0.132. The zero-order valence-electron chi connectivity index (χ0n) is 11.1. The Morgan fingerprint density at radius 1 is 1.47 bits per heavy atom. The lowest BCUT2D eigenvalue weighted by atomic mass is 10.0. The summed E-state index contributed by atoms with van der Waals surface area (Å²) in [6.45, 7) is 1.30. The van der Waals surface area contributed by atoms with Gasteiger partial charge in [-0.3, -0.25) is 9.59 Å². The molecule has 5 heteroatoms. The van der Waals surface area contributed by atoms with Crippen molar-refractivity contribution in [1.82, 2.24) is 10.2 Å². The van der Waals surface area contributed by atoms with Gasteiger partial charge in [-0.2, -0.15) is 0 Å². The first-order valence-corrected chi connectivity index (χ1v) is 6.43. The molecule has 5 nitrogen and oxygen atoms in total. The van der Waals surface area contributed by atoms with Crippen LogP contribution in [0.25, 0.3) is 0 Å².